The van der Waals surface area contributed by atoms with Crippen molar-refractivity contribution in [3.05, 3.63) is 0 Å². The lowest BCUT2D eigenvalue weighted by molar-refractivity contribution is -0.146. The number of esters is 1. The fourth-order valence-electron chi connectivity index (χ4n) is 2.47. The quantitative estimate of drug-likeness (QED) is 0.636. The van der Waals surface area contributed by atoms with Gasteiger partial charge >= 0.3 is 5.97 Å². The van der Waals surface area contributed by atoms with Gasteiger partial charge in [0.25, 0.3) is 0 Å². The van der Waals surface area contributed by atoms with Gasteiger partial charge in [0.2, 0.25) is 0 Å². The summed E-state index contributed by atoms with van der Waals surface area (Å²) in [6, 6.07) is 0. The molecule has 0 aromatic rings. The summed E-state index contributed by atoms with van der Waals surface area (Å²) in [5.74, 6) is -0.243. The molecule has 2 heterocycles. The van der Waals surface area contributed by atoms with E-state index >= 15 is 0 Å². The zero-order valence-electron chi connectivity index (χ0n) is 13.2. The minimum Gasteiger partial charge on any atom is -0.457 e. The Balaban J connectivity index is 2.19. The maximum Gasteiger partial charge on any atom is 0.309 e. The molecule has 2 saturated heterocycles. The Labute approximate surface area is 121 Å². The summed E-state index contributed by atoms with van der Waals surface area (Å²) in [5, 5.41) is 9.97. The van der Waals surface area contributed by atoms with Crippen LogP contribution in [0.2, 0.25) is 18.1 Å². The lowest BCUT2D eigenvalue weighted by Gasteiger charge is -2.40. The average Bonchev–Trinajstić information content (AvgIpc) is 2.74. The van der Waals surface area contributed by atoms with Crippen LogP contribution in [-0.4, -0.2) is 49.9 Å². The van der Waals surface area contributed by atoms with Crippen molar-refractivity contribution in [1.82, 2.24) is 0 Å². The molecule has 5 atom stereocenters. The summed E-state index contributed by atoms with van der Waals surface area (Å²) < 4.78 is 17.5. The molecular formula is C14H26O5Si. The number of aliphatic hydroxyl groups is 1. The first-order valence-electron chi connectivity index (χ1n) is 7.24. The molecule has 0 aromatic carbocycles. The first kappa shape index (κ1) is 15.9. The molecule has 0 unspecified atom stereocenters. The van der Waals surface area contributed by atoms with Crippen molar-refractivity contribution in [2.24, 2.45) is 0 Å². The highest BCUT2D eigenvalue weighted by molar-refractivity contribution is 6.74. The van der Waals surface area contributed by atoms with E-state index in [9.17, 15) is 9.90 Å². The Morgan fingerprint density at radius 3 is 2.50 bits per heavy atom. The maximum atomic E-state index is 11.4. The number of fused-ring (bicyclic) bond motifs is 1. The van der Waals surface area contributed by atoms with Crippen molar-refractivity contribution in [2.75, 3.05) is 0 Å². The van der Waals surface area contributed by atoms with E-state index in [1.807, 2.05) is 0 Å². The van der Waals surface area contributed by atoms with E-state index in [1.165, 1.54) is 0 Å². The third-order valence-corrected chi connectivity index (χ3v) is 9.17. The predicted molar refractivity (Wildman–Crippen MR) is 76.9 cm³/mol. The number of hydrogen-bond donors (Lipinski definition) is 1. The predicted octanol–water partition coefficient (Wildman–Crippen LogP) is 1.84. The highest BCUT2D eigenvalue weighted by Gasteiger charge is 2.56. The molecule has 2 fully saturated rings. The van der Waals surface area contributed by atoms with Crippen LogP contribution in [0.5, 0.6) is 0 Å². The van der Waals surface area contributed by atoms with Crippen LogP contribution >= 0.6 is 0 Å². The number of hydrogen-bond acceptors (Lipinski definition) is 5. The van der Waals surface area contributed by atoms with Gasteiger partial charge < -0.3 is 19.0 Å². The first-order chi connectivity index (χ1) is 9.03. The molecular weight excluding hydrogens is 276 g/mol. The van der Waals surface area contributed by atoms with Gasteiger partial charge in [0, 0.05) is 0 Å². The van der Waals surface area contributed by atoms with Gasteiger partial charge in [0.15, 0.2) is 14.4 Å². The Bertz CT molecular complexity index is 388. The van der Waals surface area contributed by atoms with Crippen molar-refractivity contribution in [3.8, 4) is 0 Å². The molecule has 0 aliphatic carbocycles. The van der Waals surface area contributed by atoms with E-state index in [2.05, 4.69) is 33.9 Å². The monoisotopic (exact) mass is 302 g/mol. The maximum absolute atomic E-state index is 11.4. The van der Waals surface area contributed by atoms with Crippen LogP contribution < -0.4 is 0 Å². The van der Waals surface area contributed by atoms with Crippen molar-refractivity contribution in [3.63, 3.8) is 0 Å². The Kier molecular flexibility index (Phi) is 4.05. The summed E-state index contributed by atoms with van der Waals surface area (Å²) in [5.41, 5.74) is 0. The Morgan fingerprint density at radius 1 is 1.40 bits per heavy atom. The fourth-order valence-corrected chi connectivity index (χ4v) is 3.77. The Morgan fingerprint density at radius 2 is 2.00 bits per heavy atom. The lowest BCUT2D eigenvalue weighted by atomic mass is 10.1. The molecule has 0 radical (unpaired) electrons. The average molecular weight is 302 g/mol. The molecule has 116 valence electrons. The molecule has 0 spiro atoms. The first-order valence-corrected chi connectivity index (χ1v) is 10.1. The van der Waals surface area contributed by atoms with Gasteiger partial charge in [-0.05, 0) is 25.1 Å². The van der Waals surface area contributed by atoms with Crippen LogP contribution in [0.4, 0.5) is 0 Å². The van der Waals surface area contributed by atoms with Crippen LogP contribution in [0.25, 0.3) is 0 Å². The van der Waals surface area contributed by atoms with E-state index in [0.29, 0.717) is 0 Å². The van der Waals surface area contributed by atoms with Crippen LogP contribution in [0.15, 0.2) is 0 Å². The van der Waals surface area contributed by atoms with Gasteiger partial charge in [-0.25, -0.2) is 0 Å². The number of aliphatic hydroxyl groups excluding tert-OH is 1. The number of carbonyl (C=O) groups is 1. The smallest absolute Gasteiger partial charge is 0.309 e. The second-order valence-electron chi connectivity index (χ2n) is 7.38. The highest BCUT2D eigenvalue weighted by atomic mass is 28.4. The molecule has 0 bridgehead atoms. The van der Waals surface area contributed by atoms with Crippen LogP contribution in [0, 0.1) is 0 Å². The largest absolute Gasteiger partial charge is 0.457 e. The zero-order valence-corrected chi connectivity index (χ0v) is 14.2. The molecule has 0 amide bonds. The topological polar surface area (TPSA) is 65.0 Å². The molecule has 1 N–H and O–H groups in total. The molecule has 6 heteroatoms. The Hall–Kier alpha value is -0.433. The summed E-state index contributed by atoms with van der Waals surface area (Å²) in [7, 11) is -2.02. The normalized spacial score (nSPS) is 35.9. The van der Waals surface area contributed by atoms with Crippen molar-refractivity contribution >= 4 is 14.3 Å². The standard InChI is InChI=1S/C14H26O5Si/c1-8(15)11-13(19-20(5,6)14(2,3)4)12-9(17-11)7-10(16)18-12/h8-9,11-13,15H,7H2,1-6H3/t8-,9+,11-,12-,13-/m0/s1. The molecule has 2 aliphatic rings. The van der Waals surface area contributed by atoms with E-state index in [0.717, 1.165) is 0 Å². The third-order valence-electron chi connectivity index (χ3n) is 4.69. The molecule has 20 heavy (non-hydrogen) atoms. The van der Waals surface area contributed by atoms with Crippen molar-refractivity contribution < 1.29 is 23.8 Å². The fraction of sp³-hybridized carbons (Fsp3) is 0.929. The van der Waals surface area contributed by atoms with Crippen molar-refractivity contribution in [1.29, 1.82) is 0 Å². The lowest BCUT2D eigenvalue weighted by Crippen LogP contribution is -2.51. The molecule has 5 nitrogen and oxygen atoms in total. The van der Waals surface area contributed by atoms with E-state index < -0.39 is 20.5 Å². The summed E-state index contributed by atoms with van der Waals surface area (Å²) in [6.45, 7) is 12.5. The van der Waals surface area contributed by atoms with Crippen molar-refractivity contribution in [2.45, 2.75) is 82.8 Å². The SMILES string of the molecule is C[C@H](O)[C@@H]1O[C@@H]2CC(=O)O[C@@H]2[C@H]1O[Si](C)(C)C(C)(C)C. The molecule has 2 aliphatic heterocycles. The van der Waals surface area contributed by atoms with Crippen LogP contribution in [0.1, 0.15) is 34.1 Å². The number of rotatable bonds is 3. The summed E-state index contributed by atoms with van der Waals surface area (Å²) >= 11 is 0. The summed E-state index contributed by atoms with van der Waals surface area (Å²) in [4.78, 5) is 11.4. The highest BCUT2D eigenvalue weighted by Crippen LogP contribution is 2.42. The molecule has 2 rings (SSSR count). The minimum atomic E-state index is -2.02. The second kappa shape index (κ2) is 5.09. The minimum absolute atomic E-state index is 0.0525. The third kappa shape index (κ3) is 2.79. The van der Waals surface area contributed by atoms with Gasteiger partial charge in [-0.1, -0.05) is 20.8 Å². The van der Waals surface area contributed by atoms with Gasteiger partial charge in [-0.2, -0.15) is 0 Å². The van der Waals surface area contributed by atoms with Gasteiger partial charge in [0.05, 0.1) is 12.5 Å². The van der Waals surface area contributed by atoms with E-state index in [-0.39, 0.29) is 35.7 Å². The molecule has 0 aromatic heterocycles. The zero-order chi connectivity index (χ0) is 15.3. The van der Waals surface area contributed by atoms with Crippen LogP contribution in [-0.2, 0) is 18.7 Å². The van der Waals surface area contributed by atoms with Gasteiger partial charge in [0.1, 0.15) is 18.3 Å². The van der Waals surface area contributed by atoms with Crippen LogP contribution in [0.3, 0.4) is 0 Å². The number of ether oxygens (including phenoxy) is 2. The van der Waals surface area contributed by atoms with E-state index in [1.54, 1.807) is 6.92 Å². The van der Waals surface area contributed by atoms with Gasteiger partial charge in [-0.3, -0.25) is 4.79 Å². The van der Waals surface area contributed by atoms with E-state index in [4.69, 9.17) is 13.9 Å². The van der Waals surface area contributed by atoms with Gasteiger partial charge in [-0.15, -0.1) is 0 Å². The molecule has 0 saturated carbocycles. The number of carbonyl (C=O) groups excluding carboxylic acids is 1. The second-order valence-corrected chi connectivity index (χ2v) is 12.1. The summed E-state index contributed by atoms with van der Waals surface area (Å²) in [6.07, 6.45) is -1.84.